The van der Waals surface area contributed by atoms with Crippen LogP contribution in [0.3, 0.4) is 0 Å². The van der Waals surface area contributed by atoms with Crippen LogP contribution in [0.4, 0.5) is 0 Å². The summed E-state index contributed by atoms with van der Waals surface area (Å²) in [6.45, 7) is 6.24. The summed E-state index contributed by atoms with van der Waals surface area (Å²) in [6.07, 6.45) is 4.18. The summed E-state index contributed by atoms with van der Waals surface area (Å²) in [4.78, 5) is 28.5. The van der Waals surface area contributed by atoms with E-state index in [-0.39, 0.29) is 5.56 Å². The molecule has 0 fully saturated rings. The standard InChI is InChI=1S/C23H21N3O3/c1-15-7-6-8-16(2)19(15)14-29-21-11-18(25-10-5-4-9-22(25)28)12-26-20(13-27)17(3)24-23(21)26/h4-13H,14H2,1-3H3. The lowest BCUT2D eigenvalue weighted by Gasteiger charge is -2.14. The van der Waals surface area contributed by atoms with Crippen LogP contribution in [-0.2, 0) is 6.61 Å². The minimum absolute atomic E-state index is 0.169. The van der Waals surface area contributed by atoms with E-state index in [1.54, 1.807) is 41.9 Å². The van der Waals surface area contributed by atoms with Crippen molar-refractivity contribution in [2.24, 2.45) is 0 Å². The Balaban J connectivity index is 1.87. The van der Waals surface area contributed by atoms with E-state index in [9.17, 15) is 9.59 Å². The number of carbonyl (C=O) groups is 1. The maximum Gasteiger partial charge on any atom is 0.255 e. The number of hydrogen-bond donors (Lipinski definition) is 0. The molecule has 0 aliphatic heterocycles. The average molecular weight is 387 g/mol. The summed E-state index contributed by atoms with van der Waals surface area (Å²) >= 11 is 0. The molecule has 1 aromatic carbocycles. The highest BCUT2D eigenvalue weighted by atomic mass is 16.5. The van der Waals surface area contributed by atoms with Crippen LogP contribution in [0.25, 0.3) is 11.3 Å². The molecular weight excluding hydrogens is 366 g/mol. The maximum absolute atomic E-state index is 12.3. The van der Waals surface area contributed by atoms with Crippen molar-refractivity contribution in [3.63, 3.8) is 0 Å². The van der Waals surface area contributed by atoms with Gasteiger partial charge in [-0.15, -0.1) is 0 Å². The van der Waals surface area contributed by atoms with E-state index in [0.29, 0.717) is 35.1 Å². The Morgan fingerprint density at radius 3 is 2.52 bits per heavy atom. The lowest BCUT2D eigenvalue weighted by molar-refractivity contribution is 0.111. The second-order valence-corrected chi connectivity index (χ2v) is 7.02. The fraction of sp³-hybridized carbons (Fsp3) is 0.174. The van der Waals surface area contributed by atoms with Crippen molar-refractivity contribution < 1.29 is 9.53 Å². The quantitative estimate of drug-likeness (QED) is 0.489. The van der Waals surface area contributed by atoms with Crippen LogP contribution in [0.15, 0.2) is 59.7 Å². The molecule has 4 aromatic rings. The molecule has 0 N–H and O–H groups in total. The molecule has 0 saturated heterocycles. The number of carbonyl (C=O) groups excluding carboxylic acids is 1. The van der Waals surface area contributed by atoms with Gasteiger partial charge in [-0.1, -0.05) is 24.3 Å². The van der Waals surface area contributed by atoms with Crippen LogP contribution in [-0.4, -0.2) is 20.2 Å². The molecular formula is C23H21N3O3. The highest BCUT2D eigenvalue weighted by Gasteiger charge is 2.16. The van der Waals surface area contributed by atoms with Crippen molar-refractivity contribution >= 4 is 11.9 Å². The molecule has 0 amide bonds. The number of hydrogen-bond acceptors (Lipinski definition) is 4. The van der Waals surface area contributed by atoms with Gasteiger partial charge in [-0.05, 0) is 43.5 Å². The number of nitrogens with zero attached hydrogens (tertiary/aromatic N) is 3. The third kappa shape index (κ3) is 3.33. The van der Waals surface area contributed by atoms with Crippen molar-refractivity contribution in [2.45, 2.75) is 27.4 Å². The van der Waals surface area contributed by atoms with E-state index in [2.05, 4.69) is 4.98 Å². The zero-order chi connectivity index (χ0) is 20.5. The summed E-state index contributed by atoms with van der Waals surface area (Å²) in [5, 5.41) is 0. The van der Waals surface area contributed by atoms with E-state index in [0.717, 1.165) is 23.0 Å². The van der Waals surface area contributed by atoms with Gasteiger partial charge in [0.1, 0.15) is 12.3 Å². The Bertz CT molecular complexity index is 1260. The Morgan fingerprint density at radius 1 is 1.07 bits per heavy atom. The molecule has 0 spiro atoms. The molecule has 4 rings (SSSR count). The van der Waals surface area contributed by atoms with Crippen LogP contribution in [0, 0.1) is 20.8 Å². The first-order valence-electron chi connectivity index (χ1n) is 9.33. The number of fused-ring (bicyclic) bond motifs is 1. The van der Waals surface area contributed by atoms with Gasteiger partial charge in [0.15, 0.2) is 17.7 Å². The van der Waals surface area contributed by atoms with Gasteiger partial charge >= 0.3 is 0 Å². The molecule has 0 saturated carbocycles. The molecule has 3 heterocycles. The van der Waals surface area contributed by atoms with E-state index in [1.807, 2.05) is 32.0 Å². The summed E-state index contributed by atoms with van der Waals surface area (Å²) in [5.74, 6) is 0.511. The Labute approximate surface area is 168 Å². The van der Waals surface area contributed by atoms with Gasteiger partial charge < -0.3 is 4.74 Å². The minimum Gasteiger partial charge on any atom is -0.485 e. The van der Waals surface area contributed by atoms with Crippen LogP contribution in [0.5, 0.6) is 5.75 Å². The zero-order valence-electron chi connectivity index (χ0n) is 16.5. The van der Waals surface area contributed by atoms with E-state index < -0.39 is 0 Å². The predicted molar refractivity (Wildman–Crippen MR) is 111 cm³/mol. The first-order chi connectivity index (χ1) is 14.0. The fourth-order valence-electron chi connectivity index (χ4n) is 3.48. The summed E-state index contributed by atoms with van der Waals surface area (Å²) in [6, 6.07) is 12.9. The summed E-state index contributed by atoms with van der Waals surface area (Å²) in [7, 11) is 0. The SMILES string of the molecule is Cc1cccc(C)c1COc1cc(-n2ccccc2=O)cn2c(C=O)c(C)nc12. The smallest absolute Gasteiger partial charge is 0.255 e. The molecule has 0 radical (unpaired) electrons. The third-order valence-electron chi connectivity index (χ3n) is 5.12. The second-order valence-electron chi connectivity index (χ2n) is 7.02. The predicted octanol–water partition coefficient (Wildman–Crippen LogP) is 3.80. The van der Waals surface area contributed by atoms with Gasteiger partial charge in [-0.25, -0.2) is 4.98 Å². The van der Waals surface area contributed by atoms with Crippen molar-refractivity contribution in [3.8, 4) is 11.4 Å². The van der Waals surface area contributed by atoms with Gasteiger partial charge in [0, 0.05) is 24.5 Å². The van der Waals surface area contributed by atoms with Crippen molar-refractivity contribution in [3.05, 3.63) is 93.3 Å². The summed E-state index contributed by atoms with van der Waals surface area (Å²) < 4.78 is 9.35. The van der Waals surface area contributed by atoms with Gasteiger partial charge in [0.05, 0.1) is 11.4 Å². The number of pyridine rings is 2. The zero-order valence-corrected chi connectivity index (χ0v) is 16.5. The Morgan fingerprint density at radius 2 is 1.83 bits per heavy atom. The number of aromatic nitrogens is 3. The van der Waals surface area contributed by atoms with E-state index in [4.69, 9.17) is 4.74 Å². The molecule has 146 valence electrons. The molecule has 0 atom stereocenters. The normalized spacial score (nSPS) is 11.0. The van der Waals surface area contributed by atoms with Crippen LogP contribution in [0.2, 0.25) is 0 Å². The average Bonchev–Trinajstić information content (AvgIpc) is 3.03. The highest BCUT2D eigenvalue weighted by Crippen LogP contribution is 2.27. The van der Waals surface area contributed by atoms with Crippen LogP contribution < -0.4 is 10.3 Å². The molecule has 0 aliphatic carbocycles. The van der Waals surface area contributed by atoms with Gasteiger partial charge in [-0.3, -0.25) is 18.6 Å². The van der Waals surface area contributed by atoms with E-state index >= 15 is 0 Å². The third-order valence-corrected chi connectivity index (χ3v) is 5.12. The molecule has 29 heavy (non-hydrogen) atoms. The second kappa shape index (κ2) is 7.39. The number of imidazole rings is 1. The Kier molecular flexibility index (Phi) is 4.76. The number of aldehydes is 1. The molecule has 0 bridgehead atoms. The summed E-state index contributed by atoms with van der Waals surface area (Å²) in [5.41, 5.74) is 5.40. The topological polar surface area (TPSA) is 65.6 Å². The molecule has 3 aromatic heterocycles. The van der Waals surface area contributed by atoms with Crippen LogP contribution in [0.1, 0.15) is 32.9 Å². The lowest BCUT2D eigenvalue weighted by Crippen LogP contribution is -2.16. The first-order valence-corrected chi connectivity index (χ1v) is 9.33. The van der Waals surface area contributed by atoms with Crippen molar-refractivity contribution in [1.82, 2.24) is 14.0 Å². The number of benzene rings is 1. The lowest BCUT2D eigenvalue weighted by atomic mass is 10.0. The van der Waals surface area contributed by atoms with Gasteiger partial charge in [0.2, 0.25) is 0 Å². The molecule has 6 heteroatoms. The largest absolute Gasteiger partial charge is 0.485 e. The number of ether oxygens (including phenoxy) is 1. The van der Waals surface area contributed by atoms with Crippen molar-refractivity contribution in [2.75, 3.05) is 0 Å². The molecule has 0 unspecified atom stereocenters. The molecule has 0 aliphatic rings. The number of rotatable bonds is 5. The van der Waals surface area contributed by atoms with E-state index in [1.165, 1.54) is 10.6 Å². The fourth-order valence-corrected chi connectivity index (χ4v) is 3.48. The Hall–Kier alpha value is -3.67. The van der Waals surface area contributed by atoms with Crippen molar-refractivity contribution in [1.29, 1.82) is 0 Å². The van der Waals surface area contributed by atoms with Gasteiger partial charge in [0.25, 0.3) is 5.56 Å². The monoisotopic (exact) mass is 387 g/mol. The van der Waals surface area contributed by atoms with Gasteiger partial charge in [-0.2, -0.15) is 0 Å². The molecule has 6 nitrogen and oxygen atoms in total. The maximum atomic E-state index is 12.3. The number of aryl methyl sites for hydroxylation is 3. The van der Waals surface area contributed by atoms with Crippen LogP contribution >= 0.6 is 0 Å². The highest BCUT2D eigenvalue weighted by molar-refractivity contribution is 5.78. The first kappa shape index (κ1) is 18.7. The minimum atomic E-state index is -0.169.